The first-order chi connectivity index (χ1) is 16.5. The molecule has 3 N–H and O–H groups in total. The van der Waals surface area contributed by atoms with Gasteiger partial charge in [0.25, 0.3) is 11.8 Å². The molecule has 1 atom stereocenters. The number of hydrogen-bond acceptors (Lipinski definition) is 9. The van der Waals surface area contributed by atoms with Crippen LogP contribution in [-0.2, 0) is 19.1 Å². The average Bonchev–Trinajstić information content (AvgIpc) is 3.08. The third-order valence-electron chi connectivity index (χ3n) is 6.35. The van der Waals surface area contributed by atoms with Gasteiger partial charge in [-0.2, -0.15) is 0 Å². The van der Waals surface area contributed by atoms with Gasteiger partial charge < -0.3 is 20.1 Å². The zero-order valence-corrected chi connectivity index (χ0v) is 21.6. The molecule has 3 aliphatic heterocycles. The Bertz CT molecular complexity index is 957. The van der Waals surface area contributed by atoms with E-state index in [4.69, 9.17) is 15.2 Å². The Morgan fingerprint density at radius 1 is 0.889 bits per heavy atom. The van der Waals surface area contributed by atoms with Gasteiger partial charge >= 0.3 is 0 Å². The summed E-state index contributed by atoms with van der Waals surface area (Å²) >= 11 is 0. The van der Waals surface area contributed by atoms with E-state index >= 15 is 0 Å². The Hall–Kier alpha value is -2.28. The van der Waals surface area contributed by atoms with Crippen molar-refractivity contribution in [1.82, 2.24) is 15.1 Å². The van der Waals surface area contributed by atoms with Gasteiger partial charge in [-0.15, -0.1) is 24.8 Å². The van der Waals surface area contributed by atoms with Crippen molar-refractivity contribution in [3.8, 4) is 0 Å². The maximum Gasteiger partial charge on any atom is 0.262 e. The largest absolute Gasteiger partial charge is 0.378 e. The van der Waals surface area contributed by atoms with E-state index in [0.29, 0.717) is 44.1 Å². The van der Waals surface area contributed by atoms with E-state index in [1.807, 2.05) is 6.07 Å². The van der Waals surface area contributed by atoms with E-state index in [-0.39, 0.29) is 43.6 Å². The van der Waals surface area contributed by atoms with Gasteiger partial charge in [-0.25, -0.2) is 0 Å². The van der Waals surface area contributed by atoms with Crippen molar-refractivity contribution in [3.63, 3.8) is 0 Å². The van der Waals surface area contributed by atoms with Gasteiger partial charge in [0.15, 0.2) is 0 Å². The second-order valence-corrected chi connectivity index (χ2v) is 8.52. The van der Waals surface area contributed by atoms with Crippen LogP contribution in [0.3, 0.4) is 0 Å². The van der Waals surface area contributed by atoms with Gasteiger partial charge in [0.1, 0.15) is 6.04 Å². The number of piperidine rings is 1. The molecule has 1 aromatic carbocycles. The smallest absolute Gasteiger partial charge is 0.262 e. The van der Waals surface area contributed by atoms with Crippen LogP contribution in [-0.4, -0.2) is 105 Å². The SMILES string of the molecule is Cl.Cl.NCCOCCOCCN1CCN(c2ccc3c(c2)C(=O)N(C2CCC(=O)NC2=O)C3=O)CC1. The maximum absolute atomic E-state index is 13.0. The summed E-state index contributed by atoms with van der Waals surface area (Å²) in [6.07, 6.45) is 0.252. The summed E-state index contributed by atoms with van der Waals surface area (Å²) in [5.41, 5.74) is 6.85. The first-order valence-electron chi connectivity index (χ1n) is 11.7. The number of piperazine rings is 1. The zero-order valence-electron chi connectivity index (χ0n) is 20.0. The second kappa shape index (κ2) is 13.9. The number of carbonyl (C=O) groups excluding carboxylic acids is 4. The Labute approximate surface area is 222 Å². The number of ether oxygens (including phenoxy) is 2. The molecular formula is C23H33Cl2N5O6. The topological polar surface area (TPSA) is 135 Å². The summed E-state index contributed by atoms with van der Waals surface area (Å²) in [6.45, 7) is 6.93. The van der Waals surface area contributed by atoms with E-state index in [1.54, 1.807) is 12.1 Å². The number of anilines is 1. The van der Waals surface area contributed by atoms with E-state index in [0.717, 1.165) is 43.3 Å². The first-order valence-corrected chi connectivity index (χ1v) is 11.7. The molecular weight excluding hydrogens is 513 g/mol. The average molecular weight is 546 g/mol. The number of nitrogens with one attached hydrogen (secondary N) is 1. The number of nitrogens with two attached hydrogens (primary N) is 1. The lowest BCUT2D eigenvalue weighted by Crippen LogP contribution is -2.54. The number of imide groups is 2. The van der Waals surface area contributed by atoms with Crippen LogP contribution in [0.1, 0.15) is 33.6 Å². The first kappa shape index (κ1) is 29.9. The van der Waals surface area contributed by atoms with Crippen LogP contribution in [0.2, 0.25) is 0 Å². The molecule has 0 saturated carbocycles. The lowest BCUT2D eigenvalue weighted by molar-refractivity contribution is -0.136. The van der Waals surface area contributed by atoms with Crippen LogP contribution < -0.4 is 16.0 Å². The Morgan fingerprint density at radius 2 is 1.56 bits per heavy atom. The van der Waals surface area contributed by atoms with Crippen molar-refractivity contribution in [2.45, 2.75) is 18.9 Å². The van der Waals surface area contributed by atoms with Gasteiger partial charge in [0, 0.05) is 51.4 Å². The fraction of sp³-hybridized carbons (Fsp3) is 0.565. The third kappa shape index (κ3) is 6.72. The van der Waals surface area contributed by atoms with Crippen molar-refractivity contribution >= 4 is 54.1 Å². The molecule has 3 heterocycles. The van der Waals surface area contributed by atoms with Gasteiger partial charge in [-0.3, -0.25) is 34.3 Å². The molecule has 4 amide bonds. The fourth-order valence-corrected chi connectivity index (χ4v) is 4.48. The predicted octanol–water partition coefficient (Wildman–Crippen LogP) is 0.0453. The minimum atomic E-state index is -0.952. The number of carbonyl (C=O) groups is 4. The number of hydrogen-bond donors (Lipinski definition) is 2. The Kier molecular flexibility index (Phi) is 11.5. The van der Waals surface area contributed by atoms with E-state index in [1.165, 1.54) is 0 Å². The molecule has 0 bridgehead atoms. The highest BCUT2D eigenvalue weighted by Gasteiger charge is 2.44. The molecule has 11 nitrogen and oxygen atoms in total. The molecule has 0 aliphatic carbocycles. The molecule has 0 aromatic heterocycles. The van der Waals surface area contributed by atoms with Crippen LogP contribution in [0.25, 0.3) is 0 Å². The summed E-state index contributed by atoms with van der Waals surface area (Å²) in [5, 5.41) is 2.21. The number of rotatable bonds is 10. The Balaban J connectivity index is 0.00000228. The van der Waals surface area contributed by atoms with Crippen molar-refractivity contribution in [3.05, 3.63) is 29.3 Å². The number of halogens is 2. The van der Waals surface area contributed by atoms with Crippen molar-refractivity contribution < 1.29 is 28.7 Å². The van der Waals surface area contributed by atoms with Gasteiger partial charge in [-0.05, 0) is 24.6 Å². The van der Waals surface area contributed by atoms with Crippen LogP contribution >= 0.6 is 24.8 Å². The summed E-state index contributed by atoms with van der Waals surface area (Å²) in [7, 11) is 0. The van der Waals surface area contributed by atoms with Crippen LogP contribution in [0, 0.1) is 0 Å². The van der Waals surface area contributed by atoms with Gasteiger partial charge in [-0.1, -0.05) is 0 Å². The quantitative estimate of drug-likeness (QED) is 0.308. The molecule has 0 spiro atoms. The lowest BCUT2D eigenvalue weighted by Gasteiger charge is -2.36. The summed E-state index contributed by atoms with van der Waals surface area (Å²) in [6, 6.07) is 4.29. The molecule has 13 heteroatoms. The van der Waals surface area contributed by atoms with Gasteiger partial charge in [0.2, 0.25) is 11.8 Å². The van der Waals surface area contributed by atoms with E-state index < -0.39 is 23.8 Å². The molecule has 1 aromatic rings. The molecule has 3 aliphatic rings. The highest BCUT2D eigenvalue weighted by Crippen LogP contribution is 2.31. The van der Waals surface area contributed by atoms with Crippen LogP contribution in [0.15, 0.2) is 18.2 Å². The number of amides is 4. The summed E-state index contributed by atoms with van der Waals surface area (Å²) in [4.78, 5) is 55.1. The molecule has 4 rings (SSSR count). The number of benzene rings is 1. The van der Waals surface area contributed by atoms with E-state index in [2.05, 4.69) is 15.1 Å². The second-order valence-electron chi connectivity index (χ2n) is 8.52. The van der Waals surface area contributed by atoms with E-state index in [9.17, 15) is 19.2 Å². The van der Waals surface area contributed by atoms with Gasteiger partial charge in [0.05, 0.1) is 37.6 Å². The monoisotopic (exact) mass is 545 g/mol. The van der Waals surface area contributed by atoms with Crippen molar-refractivity contribution in [1.29, 1.82) is 0 Å². The highest BCUT2D eigenvalue weighted by molar-refractivity contribution is 6.23. The highest BCUT2D eigenvalue weighted by atomic mass is 35.5. The molecule has 36 heavy (non-hydrogen) atoms. The maximum atomic E-state index is 13.0. The molecule has 1 unspecified atom stereocenters. The lowest BCUT2D eigenvalue weighted by atomic mass is 10.0. The molecule has 2 saturated heterocycles. The zero-order chi connectivity index (χ0) is 24.1. The molecule has 200 valence electrons. The van der Waals surface area contributed by atoms with Crippen molar-refractivity contribution in [2.75, 3.05) is 70.6 Å². The fourth-order valence-electron chi connectivity index (χ4n) is 4.48. The third-order valence-corrected chi connectivity index (χ3v) is 6.35. The number of fused-ring (bicyclic) bond motifs is 1. The molecule has 0 radical (unpaired) electrons. The Morgan fingerprint density at radius 3 is 2.22 bits per heavy atom. The predicted molar refractivity (Wildman–Crippen MR) is 137 cm³/mol. The molecule has 2 fully saturated rings. The van der Waals surface area contributed by atoms with Crippen molar-refractivity contribution in [2.24, 2.45) is 5.73 Å². The number of nitrogens with zero attached hydrogens (tertiary/aromatic N) is 3. The van der Waals surface area contributed by atoms with Crippen LogP contribution in [0.4, 0.5) is 5.69 Å². The minimum absolute atomic E-state index is 0. The normalized spacial score (nSPS) is 20.1. The van der Waals surface area contributed by atoms with Crippen LogP contribution in [0.5, 0.6) is 0 Å². The standard InChI is InChI=1S/C23H31N5O6.2ClH/c24-5-11-33-13-14-34-12-10-26-6-8-27(9-7-26)16-1-2-17-18(15-16)23(32)28(22(17)31)19-3-4-20(29)25-21(19)30;;/h1-2,15,19H,3-14,24H2,(H,25,29,30);2*1H. The minimum Gasteiger partial charge on any atom is -0.378 e. The summed E-state index contributed by atoms with van der Waals surface area (Å²) in [5.74, 6) is -1.96. The summed E-state index contributed by atoms with van der Waals surface area (Å²) < 4.78 is 10.9.